The average molecular weight is 375 g/mol. The van der Waals surface area contributed by atoms with Gasteiger partial charge in [0.15, 0.2) is 0 Å². The minimum atomic E-state index is -1.22. The molecule has 6 nitrogen and oxygen atoms in total. The number of aromatic carboxylic acids is 1. The van der Waals surface area contributed by atoms with Gasteiger partial charge in [-0.1, -0.05) is 24.3 Å². The van der Waals surface area contributed by atoms with Crippen molar-refractivity contribution in [3.8, 4) is 11.5 Å². The van der Waals surface area contributed by atoms with Gasteiger partial charge in [0.05, 0.1) is 18.5 Å². The zero-order chi connectivity index (χ0) is 19.7. The highest BCUT2D eigenvalue weighted by Crippen LogP contribution is 2.28. The summed E-state index contributed by atoms with van der Waals surface area (Å²) >= 11 is 0. The number of benzene rings is 3. The number of methoxy groups -OCH3 is 1. The molecule has 140 valence electrons. The zero-order valence-electron chi connectivity index (χ0n) is 14.9. The van der Waals surface area contributed by atoms with E-state index >= 15 is 0 Å². The lowest BCUT2D eigenvalue weighted by atomic mass is 10.1. The molecule has 3 aromatic carbocycles. The van der Waals surface area contributed by atoms with Gasteiger partial charge < -0.3 is 23.8 Å². The molecule has 0 saturated heterocycles. The van der Waals surface area contributed by atoms with Crippen LogP contribution in [0.3, 0.4) is 0 Å². The fourth-order valence-electron chi connectivity index (χ4n) is 3.01. The van der Waals surface area contributed by atoms with Gasteiger partial charge in [-0.25, -0.2) is 4.79 Å². The van der Waals surface area contributed by atoms with Crippen LogP contribution in [-0.2, 0) is 6.61 Å². The molecule has 0 bridgehead atoms. The van der Waals surface area contributed by atoms with Gasteiger partial charge in [-0.3, -0.25) is 0 Å². The van der Waals surface area contributed by atoms with Crippen molar-refractivity contribution in [2.75, 3.05) is 7.11 Å². The van der Waals surface area contributed by atoms with Crippen molar-refractivity contribution >= 4 is 27.7 Å². The van der Waals surface area contributed by atoms with Gasteiger partial charge in [0, 0.05) is 16.8 Å². The number of fused-ring (bicyclic) bond motifs is 3. The smallest absolute Gasteiger partial charge is 0.344 e. The van der Waals surface area contributed by atoms with E-state index in [1.807, 2.05) is 12.1 Å². The first-order valence-corrected chi connectivity index (χ1v) is 8.53. The van der Waals surface area contributed by atoms with E-state index < -0.39 is 11.6 Å². The lowest BCUT2D eigenvalue weighted by Crippen LogP contribution is -2.22. The molecule has 0 aliphatic heterocycles. The summed E-state index contributed by atoms with van der Waals surface area (Å²) in [5.41, 5.74) is 0.890. The quantitative estimate of drug-likeness (QED) is 0.394. The molecule has 0 amide bonds. The van der Waals surface area contributed by atoms with Crippen LogP contribution in [0.25, 0.3) is 21.7 Å². The molecular formula is C22H15O6-. The summed E-state index contributed by atoms with van der Waals surface area (Å²) in [6, 6.07) is 16.8. The highest BCUT2D eigenvalue weighted by molar-refractivity contribution is 6.04. The highest BCUT2D eigenvalue weighted by atomic mass is 16.5. The Labute approximate surface area is 159 Å². The van der Waals surface area contributed by atoms with E-state index in [-0.39, 0.29) is 12.2 Å². The second-order valence-electron chi connectivity index (χ2n) is 6.23. The third-order valence-electron chi connectivity index (χ3n) is 4.49. The van der Waals surface area contributed by atoms with Gasteiger partial charge in [-0.15, -0.1) is 0 Å². The number of carboxylic acid groups (broad SMARTS) is 1. The van der Waals surface area contributed by atoms with Crippen LogP contribution in [0.5, 0.6) is 11.5 Å². The standard InChI is InChI=1S/C22H16O6/c1-26-15-6-8-17-18-9-7-16(11-20(18)28-22(25)19(17)10-15)27-12-13-2-4-14(5-3-13)21(23)24/h2-11H,12H2,1H3,(H,23,24)/p-1. The van der Waals surface area contributed by atoms with Crippen LogP contribution in [0.4, 0.5) is 0 Å². The lowest BCUT2D eigenvalue weighted by Gasteiger charge is -2.09. The predicted octanol–water partition coefficient (Wildman–Crippen LogP) is 2.90. The summed E-state index contributed by atoms with van der Waals surface area (Å²) < 4.78 is 16.4. The van der Waals surface area contributed by atoms with Crippen molar-refractivity contribution in [2.24, 2.45) is 0 Å². The van der Waals surface area contributed by atoms with Crippen LogP contribution >= 0.6 is 0 Å². The number of rotatable bonds is 5. The molecule has 28 heavy (non-hydrogen) atoms. The van der Waals surface area contributed by atoms with E-state index in [2.05, 4.69) is 0 Å². The molecule has 0 spiro atoms. The van der Waals surface area contributed by atoms with Crippen molar-refractivity contribution in [1.82, 2.24) is 0 Å². The second-order valence-corrected chi connectivity index (χ2v) is 6.23. The molecule has 0 fully saturated rings. The molecular weight excluding hydrogens is 360 g/mol. The Morgan fingerprint density at radius 1 is 0.929 bits per heavy atom. The third-order valence-corrected chi connectivity index (χ3v) is 4.49. The van der Waals surface area contributed by atoms with Crippen LogP contribution < -0.4 is 20.2 Å². The number of hydrogen-bond acceptors (Lipinski definition) is 6. The molecule has 0 unspecified atom stereocenters. The van der Waals surface area contributed by atoms with E-state index in [1.165, 1.54) is 12.1 Å². The molecule has 0 aliphatic carbocycles. The first-order chi connectivity index (χ1) is 13.5. The molecule has 1 heterocycles. The Morgan fingerprint density at radius 3 is 2.36 bits per heavy atom. The average Bonchev–Trinajstić information content (AvgIpc) is 2.72. The van der Waals surface area contributed by atoms with Crippen molar-refractivity contribution in [3.05, 3.63) is 82.2 Å². The Hall–Kier alpha value is -3.80. The van der Waals surface area contributed by atoms with Crippen LogP contribution in [0.15, 0.2) is 69.9 Å². The maximum absolute atomic E-state index is 12.3. The monoisotopic (exact) mass is 375 g/mol. The highest BCUT2D eigenvalue weighted by Gasteiger charge is 2.10. The SMILES string of the molecule is COc1ccc2c(c1)c(=O)oc1cc(OCc3ccc(C(=O)[O-])cc3)ccc12. The lowest BCUT2D eigenvalue weighted by molar-refractivity contribution is -0.255. The third kappa shape index (κ3) is 3.27. The fourth-order valence-corrected chi connectivity index (χ4v) is 3.01. The van der Waals surface area contributed by atoms with Crippen LogP contribution in [-0.4, -0.2) is 13.1 Å². The van der Waals surface area contributed by atoms with Crippen LogP contribution in [0, 0.1) is 0 Å². The van der Waals surface area contributed by atoms with Crippen molar-refractivity contribution in [2.45, 2.75) is 6.61 Å². The normalized spacial score (nSPS) is 10.9. The summed E-state index contributed by atoms with van der Waals surface area (Å²) in [6.45, 7) is 0.244. The molecule has 4 aromatic rings. The molecule has 0 atom stereocenters. The molecule has 0 N–H and O–H groups in total. The van der Waals surface area contributed by atoms with Gasteiger partial charge in [0.1, 0.15) is 23.7 Å². The molecule has 0 saturated carbocycles. The van der Waals surface area contributed by atoms with Crippen LogP contribution in [0.1, 0.15) is 15.9 Å². The summed E-state index contributed by atoms with van der Waals surface area (Å²) in [5, 5.41) is 12.8. The van der Waals surface area contributed by atoms with Gasteiger partial charge in [-0.2, -0.15) is 0 Å². The minimum Gasteiger partial charge on any atom is -0.545 e. The maximum Gasteiger partial charge on any atom is 0.344 e. The zero-order valence-corrected chi connectivity index (χ0v) is 14.9. The number of ether oxygens (including phenoxy) is 2. The topological polar surface area (TPSA) is 88.8 Å². The molecule has 1 aromatic heterocycles. The number of carboxylic acids is 1. The van der Waals surface area contributed by atoms with Gasteiger partial charge in [-0.05, 0) is 41.5 Å². The second kappa shape index (κ2) is 7.08. The predicted molar refractivity (Wildman–Crippen MR) is 102 cm³/mol. The Balaban J connectivity index is 1.63. The van der Waals surface area contributed by atoms with Crippen LogP contribution in [0.2, 0.25) is 0 Å². The largest absolute Gasteiger partial charge is 0.545 e. The van der Waals surface area contributed by atoms with E-state index in [0.717, 1.165) is 16.3 Å². The maximum atomic E-state index is 12.3. The van der Waals surface area contributed by atoms with Crippen molar-refractivity contribution in [1.29, 1.82) is 0 Å². The van der Waals surface area contributed by atoms with E-state index in [4.69, 9.17) is 13.9 Å². The molecule has 0 radical (unpaired) electrons. The number of hydrogen-bond donors (Lipinski definition) is 0. The number of carbonyl (C=O) groups excluding carboxylic acids is 1. The van der Waals surface area contributed by atoms with E-state index in [9.17, 15) is 14.7 Å². The summed E-state index contributed by atoms with van der Waals surface area (Å²) in [4.78, 5) is 23.1. The Morgan fingerprint density at radius 2 is 1.64 bits per heavy atom. The molecule has 6 heteroatoms. The van der Waals surface area contributed by atoms with Gasteiger partial charge >= 0.3 is 5.63 Å². The summed E-state index contributed by atoms with van der Waals surface area (Å²) in [7, 11) is 1.54. The molecule has 0 aliphatic rings. The Bertz CT molecular complexity index is 1240. The van der Waals surface area contributed by atoms with Gasteiger partial charge in [0.2, 0.25) is 0 Å². The van der Waals surface area contributed by atoms with E-state index in [1.54, 1.807) is 43.5 Å². The first kappa shape index (κ1) is 17.6. The van der Waals surface area contributed by atoms with E-state index in [0.29, 0.717) is 22.5 Å². The van der Waals surface area contributed by atoms with Crippen molar-refractivity contribution < 1.29 is 23.8 Å². The summed E-state index contributed by atoms with van der Waals surface area (Å²) in [5.74, 6) is -0.0989. The fraction of sp³-hybridized carbons (Fsp3) is 0.0909. The van der Waals surface area contributed by atoms with Gasteiger partial charge in [0.25, 0.3) is 0 Å². The van der Waals surface area contributed by atoms with Crippen molar-refractivity contribution in [3.63, 3.8) is 0 Å². The number of carbonyl (C=O) groups is 1. The Kier molecular flexibility index (Phi) is 4.45. The summed E-state index contributed by atoms with van der Waals surface area (Å²) in [6.07, 6.45) is 0. The minimum absolute atomic E-state index is 0.111. The first-order valence-electron chi connectivity index (χ1n) is 8.53. The molecule has 4 rings (SSSR count).